The van der Waals surface area contributed by atoms with Crippen LogP contribution in [0.15, 0.2) is 53.4 Å². The molecule has 1 N–H and O–H groups in total. The Hall–Kier alpha value is -1.65. The van der Waals surface area contributed by atoms with Gasteiger partial charge in [0.25, 0.3) is 0 Å². The molecule has 2 aromatic rings. The maximum Gasteiger partial charge on any atom is 0.234 e. The van der Waals surface area contributed by atoms with E-state index < -0.39 is 0 Å². The molecule has 5 heteroatoms. The Morgan fingerprint density at radius 1 is 1.14 bits per heavy atom. The van der Waals surface area contributed by atoms with Crippen molar-refractivity contribution in [3.05, 3.63) is 53.6 Å². The summed E-state index contributed by atoms with van der Waals surface area (Å²) >= 11 is 7.28. The van der Waals surface area contributed by atoms with E-state index >= 15 is 0 Å². The minimum absolute atomic E-state index is 0.0452. The number of thioether (sulfide) groups is 1. The van der Waals surface area contributed by atoms with Crippen molar-refractivity contribution in [2.24, 2.45) is 0 Å². The molecule has 0 aliphatic rings. The highest BCUT2D eigenvalue weighted by molar-refractivity contribution is 8.00. The number of ether oxygens (including phenoxy) is 1. The molecule has 0 saturated carbocycles. The van der Waals surface area contributed by atoms with E-state index in [1.165, 1.54) is 11.8 Å². The molecule has 0 aromatic heterocycles. The van der Waals surface area contributed by atoms with E-state index in [4.69, 9.17) is 16.3 Å². The molecule has 2 aromatic carbocycles. The highest BCUT2D eigenvalue weighted by Gasteiger charge is 2.04. The summed E-state index contributed by atoms with van der Waals surface area (Å²) in [5.41, 5.74) is 0.747. The maximum absolute atomic E-state index is 11.9. The van der Waals surface area contributed by atoms with Crippen molar-refractivity contribution in [2.75, 3.05) is 17.7 Å². The number of hydrogen-bond acceptors (Lipinski definition) is 3. The maximum atomic E-state index is 11.9. The summed E-state index contributed by atoms with van der Waals surface area (Å²) in [4.78, 5) is 12.9. The molecule has 0 aliphatic carbocycles. The predicted octanol–water partition coefficient (Wildman–Crippen LogP) is 4.47. The molecule has 0 aliphatic heterocycles. The van der Waals surface area contributed by atoms with Crippen LogP contribution in [0.4, 0.5) is 5.69 Å². The van der Waals surface area contributed by atoms with E-state index in [1.54, 1.807) is 24.3 Å². The fourth-order valence-corrected chi connectivity index (χ4v) is 2.50. The molecule has 1 amide bonds. The normalized spacial score (nSPS) is 10.2. The van der Waals surface area contributed by atoms with Crippen LogP contribution in [0.5, 0.6) is 5.75 Å². The summed E-state index contributed by atoms with van der Waals surface area (Å²) in [7, 11) is 0. The number of halogens is 1. The standard InChI is InChI=1S/C16H16ClNO2S/c1-2-20-14-7-9-15(10-8-14)21-11-16(19)18-13-5-3-12(17)4-6-13/h3-10H,2,11H2,1H3,(H,18,19). The number of hydrogen-bond donors (Lipinski definition) is 1. The smallest absolute Gasteiger partial charge is 0.234 e. The first-order valence-electron chi connectivity index (χ1n) is 6.58. The lowest BCUT2D eigenvalue weighted by Gasteiger charge is -2.06. The number of amides is 1. The van der Waals surface area contributed by atoms with Gasteiger partial charge in [-0.25, -0.2) is 0 Å². The molecular formula is C16H16ClNO2S. The number of anilines is 1. The van der Waals surface area contributed by atoms with Crippen LogP contribution in [0.3, 0.4) is 0 Å². The minimum Gasteiger partial charge on any atom is -0.494 e. The summed E-state index contributed by atoms with van der Waals surface area (Å²) in [6, 6.07) is 14.8. The molecule has 0 saturated heterocycles. The van der Waals surface area contributed by atoms with Crippen LogP contribution >= 0.6 is 23.4 Å². The topological polar surface area (TPSA) is 38.3 Å². The second kappa shape index (κ2) is 7.96. The molecule has 0 heterocycles. The van der Waals surface area contributed by atoms with Crippen molar-refractivity contribution in [3.8, 4) is 5.75 Å². The van der Waals surface area contributed by atoms with Crippen LogP contribution < -0.4 is 10.1 Å². The highest BCUT2D eigenvalue weighted by Crippen LogP contribution is 2.22. The Morgan fingerprint density at radius 3 is 2.43 bits per heavy atom. The second-order valence-corrected chi connectivity index (χ2v) is 5.73. The molecule has 0 unspecified atom stereocenters. The Morgan fingerprint density at radius 2 is 1.81 bits per heavy atom. The molecule has 21 heavy (non-hydrogen) atoms. The van der Waals surface area contributed by atoms with Crippen molar-refractivity contribution in [3.63, 3.8) is 0 Å². The van der Waals surface area contributed by atoms with Gasteiger partial charge in [0, 0.05) is 15.6 Å². The minimum atomic E-state index is -0.0452. The largest absolute Gasteiger partial charge is 0.494 e. The Balaban J connectivity index is 1.81. The van der Waals surface area contributed by atoms with Gasteiger partial charge in [0.1, 0.15) is 5.75 Å². The summed E-state index contributed by atoms with van der Waals surface area (Å²) in [6.45, 7) is 2.60. The van der Waals surface area contributed by atoms with Gasteiger partial charge in [0.05, 0.1) is 12.4 Å². The monoisotopic (exact) mass is 321 g/mol. The third-order valence-corrected chi connectivity index (χ3v) is 3.90. The molecule has 0 fully saturated rings. The molecular weight excluding hydrogens is 306 g/mol. The van der Waals surface area contributed by atoms with Crippen LogP contribution in [-0.2, 0) is 4.79 Å². The average Bonchev–Trinajstić information content (AvgIpc) is 2.49. The van der Waals surface area contributed by atoms with Gasteiger partial charge in [-0.05, 0) is 55.5 Å². The number of nitrogens with one attached hydrogen (secondary N) is 1. The lowest BCUT2D eigenvalue weighted by Crippen LogP contribution is -2.13. The molecule has 0 radical (unpaired) electrons. The van der Waals surface area contributed by atoms with Crippen molar-refractivity contribution >= 4 is 35.0 Å². The van der Waals surface area contributed by atoms with Crippen LogP contribution in [0.1, 0.15) is 6.92 Å². The molecule has 0 atom stereocenters. The van der Waals surface area contributed by atoms with Gasteiger partial charge in [-0.2, -0.15) is 0 Å². The lowest BCUT2D eigenvalue weighted by atomic mass is 10.3. The number of carbonyl (C=O) groups excluding carboxylic acids is 1. The van der Waals surface area contributed by atoms with Crippen molar-refractivity contribution in [1.82, 2.24) is 0 Å². The summed E-state index contributed by atoms with van der Waals surface area (Å²) < 4.78 is 5.38. The molecule has 2 rings (SSSR count). The van der Waals surface area contributed by atoms with Crippen LogP contribution in [-0.4, -0.2) is 18.3 Å². The van der Waals surface area contributed by atoms with Gasteiger partial charge in [0.15, 0.2) is 0 Å². The number of rotatable bonds is 6. The molecule has 3 nitrogen and oxygen atoms in total. The van der Waals surface area contributed by atoms with Gasteiger partial charge in [-0.3, -0.25) is 4.79 Å². The summed E-state index contributed by atoms with van der Waals surface area (Å²) in [5, 5.41) is 3.48. The average molecular weight is 322 g/mol. The van der Waals surface area contributed by atoms with E-state index in [2.05, 4.69) is 5.32 Å². The highest BCUT2D eigenvalue weighted by atomic mass is 35.5. The second-order valence-electron chi connectivity index (χ2n) is 4.25. The summed E-state index contributed by atoms with van der Waals surface area (Å²) in [5.74, 6) is 1.15. The zero-order valence-electron chi connectivity index (χ0n) is 11.6. The molecule has 110 valence electrons. The Bertz CT molecular complexity index is 584. The van der Waals surface area contributed by atoms with Crippen LogP contribution in [0.2, 0.25) is 5.02 Å². The summed E-state index contributed by atoms with van der Waals surface area (Å²) in [6.07, 6.45) is 0. The Kier molecular flexibility index (Phi) is 5.96. The van der Waals surface area contributed by atoms with Gasteiger partial charge < -0.3 is 10.1 Å². The SMILES string of the molecule is CCOc1ccc(SCC(=O)Nc2ccc(Cl)cc2)cc1. The van der Waals surface area contributed by atoms with Crippen molar-refractivity contribution < 1.29 is 9.53 Å². The van der Waals surface area contributed by atoms with Gasteiger partial charge in [0.2, 0.25) is 5.91 Å². The molecule has 0 bridgehead atoms. The number of carbonyl (C=O) groups is 1. The van der Waals surface area contributed by atoms with Gasteiger partial charge >= 0.3 is 0 Å². The first-order valence-corrected chi connectivity index (χ1v) is 7.95. The first kappa shape index (κ1) is 15.7. The Labute approximate surface area is 133 Å². The van der Waals surface area contributed by atoms with E-state index in [1.807, 2.05) is 31.2 Å². The zero-order chi connectivity index (χ0) is 15.1. The first-order chi connectivity index (χ1) is 10.2. The fraction of sp³-hybridized carbons (Fsp3) is 0.188. The van der Waals surface area contributed by atoms with Crippen LogP contribution in [0.25, 0.3) is 0 Å². The lowest BCUT2D eigenvalue weighted by molar-refractivity contribution is -0.113. The van der Waals surface area contributed by atoms with E-state index in [0.717, 1.165) is 16.3 Å². The van der Waals surface area contributed by atoms with Gasteiger partial charge in [-0.1, -0.05) is 11.6 Å². The van der Waals surface area contributed by atoms with Crippen LogP contribution in [0, 0.1) is 0 Å². The van der Waals surface area contributed by atoms with E-state index in [0.29, 0.717) is 17.4 Å². The van der Waals surface area contributed by atoms with Crippen molar-refractivity contribution in [2.45, 2.75) is 11.8 Å². The third-order valence-electron chi connectivity index (χ3n) is 2.63. The molecule has 0 spiro atoms. The predicted molar refractivity (Wildman–Crippen MR) is 88.4 cm³/mol. The van der Waals surface area contributed by atoms with E-state index in [-0.39, 0.29) is 5.91 Å². The van der Waals surface area contributed by atoms with Crippen molar-refractivity contribution in [1.29, 1.82) is 0 Å². The third kappa shape index (κ3) is 5.33. The van der Waals surface area contributed by atoms with Gasteiger partial charge in [-0.15, -0.1) is 11.8 Å². The van der Waals surface area contributed by atoms with E-state index in [9.17, 15) is 4.79 Å². The zero-order valence-corrected chi connectivity index (χ0v) is 13.2. The quantitative estimate of drug-likeness (QED) is 0.798. The fourth-order valence-electron chi connectivity index (χ4n) is 1.68. The number of benzene rings is 2.